The molecule has 5 rings (SSSR count). The maximum atomic E-state index is 13.3. The number of hydrogen-bond acceptors (Lipinski definition) is 5. The predicted octanol–water partition coefficient (Wildman–Crippen LogP) is 6.55. The van der Waals surface area contributed by atoms with Crippen molar-refractivity contribution in [2.24, 2.45) is 17.8 Å². The number of rotatable bonds is 8. The van der Waals surface area contributed by atoms with Crippen LogP contribution in [0.2, 0.25) is 0 Å². The van der Waals surface area contributed by atoms with Gasteiger partial charge in [-0.3, -0.25) is 14.5 Å². The summed E-state index contributed by atoms with van der Waals surface area (Å²) in [6, 6.07) is 18.8. The summed E-state index contributed by atoms with van der Waals surface area (Å²) < 4.78 is 5.69. The second-order valence-corrected chi connectivity index (χ2v) is 12.9. The molecule has 2 atom stereocenters. The van der Waals surface area contributed by atoms with Gasteiger partial charge >= 0.3 is 6.09 Å². The van der Waals surface area contributed by atoms with E-state index in [0.29, 0.717) is 60.9 Å². The molecule has 1 saturated heterocycles. The maximum Gasteiger partial charge on any atom is 0.420 e. The van der Waals surface area contributed by atoms with Crippen LogP contribution >= 0.6 is 11.3 Å². The van der Waals surface area contributed by atoms with E-state index < -0.39 is 6.09 Å². The normalized spacial score (nSPS) is 19.4. The van der Waals surface area contributed by atoms with E-state index in [1.807, 2.05) is 66.6 Å². The third-order valence-corrected chi connectivity index (χ3v) is 9.17. The van der Waals surface area contributed by atoms with Crippen molar-refractivity contribution in [3.8, 4) is 5.06 Å². The summed E-state index contributed by atoms with van der Waals surface area (Å²) in [7, 11) is 0. The molecule has 3 amide bonds. The Hall–Kier alpha value is -3.65. The molecule has 0 N–H and O–H groups in total. The third kappa shape index (κ3) is 6.17. The second kappa shape index (κ2) is 11.7. The van der Waals surface area contributed by atoms with Crippen molar-refractivity contribution in [3.05, 3.63) is 82.7 Å². The number of fused-ring (bicyclic) bond motifs is 1. The molecule has 1 saturated carbocycles. The van der Waals surface area contributed by atoms with Gasteiger partial charge in [-0.05, 0) is 96.5 Å². The fourth-order valence-electron chi connectivity index (χ4n) is 5.82. The molecule has 7 nitrogen and oxygen atoms in total. The molecule has 216 valence electrons. The van der Waals surface area contributed by atoms with Crippen molar-refractivity contribution in [3.63, 3.8) is 0 Å². The van der Waals surface area contributed by atoms with Crippen LogP contribution in [0.5, 0.6) is 5.06 Å². The minimum atomic E-state index is -0.438. The van der Waals surface area contributed by atoms with Gasteiger partial charge in [-0.25, -0.2) is 4.79 Å². The van der Waals surface area contributed by atoms with Crippen molar-refractivity contribution in [2.75, 3.05) is 37.6 Å². The number of amides is 3. The molecule has 0 radical (unpaired) electrons. The van der Waals surface area contributed by atoms with Gasteiger partial charge in [0.1, 0.15) is 0 Å². The Morgan fingerprint density at radius 3 is 2.05 bits per heavy atom. The van der Waals surface area contributed by atoms with Crippen molar-refractivity contribution in [1.82, 2.24) is 9.80 Å². The lowest BCUT2D eigenvalue weighted by Crippen LogP contribution is -2.38. The number of nitrogens with zero attached hydrogens (tertiary/aromatic N) is 3. The molecule has 2 fully saturated rings. The zero-order valence-electron chi connectivity index (χ0n) is 24.5. The highest BCUT2D eigenvalue weighted by molar-refractivity contribution is 7.11. The number of thiophene rings is 1. The summed E-state index contributed by atoms with van der Waals surface area (Å²) in [5.74, 6) is 1.04. The molecular formula is C33H39N3O4S. The number of hydrogen-bond donors (Lipinski definition) is 0. The Kier molecular flexibility index (Phi) is 8.23. The van der Waals surface area contributed by atoms with E-state index in [0.717, 1.165) is 5.56 Å². The smallest absolute Gasteiger partial charge is 0.399 e. The first-order valence-corrected chi connectivity index (χ1v) is 15.3. The van der Waals surface area contributed by atoms with Crippen LogP contribution in [0.1, 0.15) is 60.9 Å². The molecule has 0 bridgehead atoms. The zero-order chi connectivity index (χ0) is 29.3. The Labute approximate surface area is 246 Å². The van der Waals surface area contributed by atoms with E-state index in [9.17, 15) is 14.4 Å². The third-order valence-electron chi connectivity index (χ3n) is 8.43. The minimum absolute atomic E-state index is 0.0243. The Balaban J connectivity index is 1.26. The highest BCUT2D eigenvalue weighted by Gasteiger charge is 2.57. The van der Waals surface area contributed by atoms with Crippen LogP contribution in [0.15, 0.2) is 66.0 Å². The summed E-state index contributed by atoms with van der Waals surface area (Å²) in [4.78, 5) is 44.7. The van der Waals surface area contributed by atoms with Crippen molar-refractivity contribution >= 4 is 34.9 Å². The summed E-state index contributed by atoms with van der Waals surface area (Å²) in [5, 5.41) is 2.41. The fraction of sp³-hybridized carbons (Fsp3) is 0.424. The fourth-order valence-corrected chi connectivity index (χ4v) is 6.39. The second-order valence-electron chi connectivity index (χ2n) is 12.0. The number of likely N-dealkylation sites (tertiary alicyclic amines) is 1. The number of piperidine rings is 1. The Morgan fingerprint density at radius 2 is 1.51 bits per heavy atom. The van der Waals surface area contributed by atoms with Crippen LogP contribution in [-0.4, -0.2) is 60.4 Å². The molecule has 2 unspecified atom stereocenters. The molecule has 1 aliphatic heterocycles. The first-order valence-electron chi connectivity index (χ1n) is 14.4. The molecule has 2 aromatic carbocycles. The average Bonchev–Trinajstić information content (AvgIpc) is 3.32. The van der Waals surface area contributed by atoms with Gasteiger partial charge in [0.05, 0.1) is 0 Å². The van der Waals surface area contributed by atoms with Gasteiger partial charge in [-0.15, -0.1) is 11.3 Å². The van der Waals surface area contributed by atoms with Crippen LogP contribution in [0.4, 0.5) is 10.5 Å². The van der Waals surface area contributed by atoms with E-state index >= 15 is 0 Å². The number of anilines is 1. The monoisotopic (exact) mass is 573 g/mol. The lowest BCUT2D eigenvalue weighted by atomic mass is 9.86. The molecular weight excluding hydrogens is 534 g/mol. The highest BCUT2D eigenvalue weighted by atomic mass is 32.1. The van der Waals surface area contributed by atoms with Gasteiger partial charge in [0.2, 0.25) is 0 Å². The van der Waals surface area contributed by atoms with Crippen molar-refractivity contribution in [2.45, 2.75) is 40.0 Å². The van der Waals surface area contributed by atoms with Gasteiger partial charge in [0.15, 0.2) is 5.06 Å². The van der Waals surface area contributed by atoms with Crippen molar-refractivity contribution < 1.29 is 19.1 Å². The lowest BCUT2D eigenvalue weighted by molar-refractivity contribution is 0.0762. The number of ether oxygens (including phenoxy) is 1. The lowest BCUT2D eigenvalue weighted by Gasteiger charge is -2.25. The largest absolute Gasteiger partial charge is 0.420 e. The van der Waals surface area contributed by atoms with Crippen LogP contribution in [-0.2, 0) is 5.41 Å². The van der Waals surface area contributed by atoms with E-state index in [2.05, 4.69) is 20.8 Å². The average molecular weight is 574 g/mol. The maximum absolute atomic E-state index is 13.3. The highest BCUT2D eigenvalue weighted by Crippen LogP contribution is 2.52. The van der Waals surface area contributed by atoms with Gasteiger partial charge < -0.3 is 14.5 Å². The molecule has 0 spiro atoms. The molecule has 1 aliphatic carbocycles. The Morgan fingerprint density at radius 1 is 0.902 bits per heavy atom. The summed E-state index contributed by atoms with van der Waals surface area (Å²) >= 11 is 1.37. The Bertz CT molecular complexity index is 1360. The first-order chi connectivity index (χ1) is 19.6. The standard InChI is InChI=1S/C33H39N3O4S/c1-6-34(7-2)30(37)23-12-16-25(17-13-23)36(32(39)40-29-9-8-18-41-29)21-28-26-19-35(20-27(26)28)31(38)22-10-14-24(15-11-22)33(3,4)5/h8-18,26-28H,6-7,19-21H2,1-5H3. The van der Waals surface area contributed by atoms with Gasteiger partial charge in [0.25, 0.3) is 11.8 Å². The van der Waals surface area contributed by atoms with Crippen LogP contribution in [0.3, 0.4) is 0 Å². The number of benzene rings is 2. The van der Waals surface area contributed by atoms with Crippen molar-refractivity contribution in [1.29, 1.82) is 0 Å². The van der Waals surface area contributed by atoms with Crippen LogP contribution in [0, 0.1) is 17.8 Å². The van der Waals surface area contributed by atoms with E-state index in [4.69, 9.17) is 4.74 Å². The molecule has 3 aromatic rings. The summed E-state index contributed by atoms with van der Waals surface area (Å²) in [5.41, 5.74) is 3.26. The summed E-state index contributed by atoms with van der Waals surface area (Å²) in [6.45, 7) is 13.6. The minimum Gasteiger partial charge on any atom is -0.399 e. The zero-order valence-corrected chi connectivity index (χ0v) is 25.3. The topological polar surface area (TPSA) is 70.2 Å². The van der Waals surface area contributed by atoms with E-state index in [1.165, 1.54) is 16.9 Å². The predicted molar refractivity (Wildman–Crippen MR) is 163 cm³/mol. The number of carbonyl (C=O) groups is 3. The van der Waals surface area contributed by atoms with Gasteiger partial charge in [-0.2, -0.15) is 0 Å². The van der Waals surface area contributed by atoms with E-state index in [-0.39, 0.29) is 23.1 Å². The molecule has 1 aromatic heterocycles. The van der Waals surface area contributed by atoms with E-state index in [1.54, 1.807) is 28.0 Å². The van der Waals surface area contributed by atoms with Crippen LogP contribution < -0.4 is 9.64 Å². The van der Waals surface area contributed by atoms with Gasteiger partial charge in [-0.1, -0.05) is 32.9 Å². The molecule has 2 aliphatic rings. The van der Waals surface area contributed by atoms with Gasteiger partial charge in [0, 0.05) is 49.5 Å². The molecule has 8 heteroatoms. The molecule has 41 heavy (non-hydrogen) atoms. The van der Waals surface area contributed by atoms with Crippen LogP contribution in [0.25, 0.3) is 0 Å². The first kappa shape index (κ1) is 28.9. The quantitative estimate of drug-likeness (QED) is 0.306. The summed E-state index contributed by atoms with van der Waals surface area (Å²) in [6.07, 6.45) is -0.438. The molecule has 2 heterocycles. The SMILES string of the molecule is CCN(CC)C(=O)c1ccc(N(CC2C3CN(C(=O)c4ccc(C(C)(C)C)cc4)CC32)C(=O)Oc2cccs2)cc1. The number of carbonyl (C=O) groups excluding carboxylic acids is 3.